The van der Waals surface area contributed by atoms with Gasteiger partial charge < -0.3 is 5.11 Å². The van der Waals surface area contributed by atoms with Crippen molar-refractivity contribution in [2.24, 2.45) is 5.41 Å². The number of rotatable bonds is 5. The molecule has 1 fully saturated rings. The van der Waals surface area contributed by atoms with Gasteiger partial charge in [-0.05, 0) is 19.8 Å². The standard InChI is InChI=1S/C12H25NO3S/c1-4-12(5-2,10-14)9-13-6-7-17(15,16)8-11(13)3/h11,14H,4-10H2,1-3H3. The summed E-state index contributed by atoms with van der Waals surface area (Å²) in [5.74, 6) is 0.508. The van der Waals surface area contributed by atoms with Crippen molar-refractivity contribution < 1.29 is 13.5 Å². The Balaban J connectivity index is 2.69. The predicted molar refractivity (Wildman–Crippen MR) is 69.8 cm³/mol. The van der Waals surface area contributed by atoms with Gasteiger partial charge in [0.15, 0.2) is 9.84 Å². The molecule has 0 spiro atoms. The van der Waals surface area contributed by atoms with Gasteiger partial charge in [0.2, 0.25) is 0 Å². The van der Waals surface area contributed by atoms with Crippen molar-refractivity contribution in [3.05, 3.63) is 0 Å². The van der Waals surface area contributed by atoms with E-state index >= 15 is 0 Å². The van der Waals surface area contributed by atoms with E-state index in [4.69, 9.17) is 0 Å². The van der Waals surface area contributed by atoms with Crippen LogP contribution in [-0.2, 0) is 9.84 Å². The van der Waals surface area contributed by atoms with E-state index in [0.29, 0.717) is 6.54 Å². The molecule has 0 radical (unpaired) electrons. The van der Waals surface area contributed by atoms with Crippen molar-refractivity contribution in [2.45, 2.75) is 39.7 Å². The van der Waals surface area contributed by atoms with E-state index in [1.54, 1.807) is 0 Å². The Hall–Kier alpha value is -0.130. The summed E-state index contributed by atoms with van der Waals surface area (Å²) in [7, 11) is -2.84. The van der Waals surface area contributed by atoms with E-state index in [-0.39, 0.29) is 29.6 Å². The van der Waals surface area contributed by atoms with Crippen molar-refractivity contribution >= 4 is 9.84 Å². The average Bonchev–Trinajstić information content (AvgIpc) is 2.28. The van der Waals surface area contributed by atoms with Crippen molar-refractivity contribution in [1.29, 1.82) is 0 Å². The summed E-state index contributed by atoms with van der Waals surface area (Å²) in [4.78, 5) is 2.21. The number of nitrogens with zero attached hydrogens (tertiary/aromatic N) is 1. The van der Waals surface area contributed by atoms with Crippen LogP contribution < -0.4 is 0 Å². The Kier molecular flexibility index (Phi) is 4.98. The van der Waals surface area contributed by atoms with Gasteiger partial charge >= 0.3 is 0 Å². The summed E-state index contributed by atoms with van der Waals surface area (Å²) < 4.78 is 23.0. The number of hydrogen-bond acceptors (Lipinski definition) is 4. The molecule has 5 heteroatoms. The molecule has 1 rings (SSSR count). The first-order valence-electron chi connectivity index (χ1n) is 6.43. The molecule has 0 aliphatic carbocycles. The van der Waals surface area contributed by atoms with Gasteiger partial charge in [0.1, 0.15) is 0 Å². The molecule has 17 heavy (non-hydrogen) atoms. The van der Waals surface area contributed by atoms with Gasteiger partial charge in [-0.15, -0.1) is 0 Å². The molecule has 1 atom stereocenters. The summed E-state index contributed by atoms with van der Waals surface area (Å²) in [5, 5.41) is 9.55. The first-order valence-corrected chi connectivity index (χ1v) is 8.25. The van der Waals surface area contributed by atoms with E-state index in [2.05, 4.69) is 18.7 Å². The third-order valence-corrected chi connectivity index (χ3v) is 5.98. The lowest BCUT2D eigenvalue weighted by Crippen LogP contribution is -2.51. The van der Waals surface area contributed by atoms with Gasteiger partial charge in [0.25, 0.3) is 0 Å². The van der Waals surface area contributed by atoms with Crippen LogP contribution in [0.25, 0.3) is 0 Å². The fourth-order valence-corrected chi connectivity index (χ4v) is 4.07. The fourth-order valence-electron chi connectivity index (χ4n) is 2.45. The smallest absolute Gasteiger partial charge is 0.153 e. The minimum atomic E-state index is -2.84. The second-order valence-corrected chi connectivity index (χ2v) is 7.53. The third-order valence-electron chi connectivity index (χ3n) is 4.18. The van der Waals surface area contributed by atoms with Crippen molar-refractivity contribution in [3.8, 4) is 0 Å². The van der Waals surface area contributed by atoms with Crippen LogP contribution in [0, 0.1) is 5.41 Å². The normalized spacial score (nSPS) is 26.0. The molecule has 0 aromatic heterocycles. The maximum absolute atomic E-state index is 11.5. The van der Waals surface area contributed by atoms with Crippen molar-refractivity contribution in [2.75, 3.05) is 31.2 Å². The third kappa shape index (κ3) is 3.66. The highest BCUT2D eigenvalue weighted by Gasteiger charge is 2.34. The molecule has 102 valence electrons. The molecule has 1 heterocycles. The van der Waals surface area contributed by atoms with Crippen LogP contribution in [0.4, 0.5) is 0 Å². The molecule has 1 N–H and O–H groups in total. The van der Waals surface area contributed by atoms with Gasteiger partial charge in [0.05, 0.1) is 11.5 Å². The number of hydrogen-bond donors (Lipinski definition) is 1. The first-order chi connectivity index (χ1) is 7.88. The zero-order valence-corrected chi connectivity index (χ0v) is 12.0. The highest BCUT2D eigenvalue weighted by Crippen LogP contribution is 2.28. The zero-order valence-electron chi connectivity index (χ0n) is 11.1. The van der Waals surface area contributed by atoms with Crippen LogP contribution in [-0.4, -0.2) is 55.7 Å². The van der Waals surface area contributed by atoms with Gasteiger partial charge in [-0.2, -0.15) is 0 Å². The Morgan fingerprint density at radius 2 is 1.94 bits per heavy atom. The van der Waals surface area contributed by atoms with Crippen molar-refractivity contribution in [3.63, 3.8) is 0 Å². The number of aliphatic hydroxyl groups is 1. The van der Waals surface area contributed by atoms with Crippen LogP contribution in [0.2, 0.25) is 0 Å². The molecule has 0 aromatic rings. The Morgan fingerprint density at radius 1 is 1.35 bits per heavy atom. The molecule has 0 saturated carbocycles. The SMILES string of the molecule is CCC(CC)(CO)CN1CCS(=O)(=O)CC1C. The van der Waals surface area contributed by atoms with Crippen LogP contribution in [0.15, 0.2) is 0 Å². The average molecular weight is 263 g/mol. The summed E-state index contributed by atoms with van der Waals surface area (Å²) >= 11 is 0. The Labute approximate surface area is 105 Å². The van der Waals surface area contributed by atoms with E-state index < -0.39 is 9.84 Å². The highest BCUT2D eigenvalue weighted by molar-refractivity contribution is 7.91. The largest absolute Gasteiger partial charge is 0.396 e. The molecule has 0 amide bonds. The Bertz CT molecular complexity index is 327. The molecular weight excluding hydrogens is 238 g/mol. The lowest BCUT2D eigenvalue weighted by molar-refractivity contribution is 0.0546. The predicted octanol–water partition coefficient (Wildman–Crippen LogP) is 0.904. The zero-order chi connectivity index (χ0) is 13.1. The molecule has 1 aliphatic rings. The fraction of sp³-hybridized carbons (Fsp3) is 1.00. The van der Waals surface area contributed by atoms with Crippen LogP contribution in [0.5, 0.6) is 0 Å². The van der Waals surface area contributed by atoms with Gasteiger partial charge in [-0.3, -0.25) is 4.90 Å². The summed E-state index contributed by atoms with van der Waals surface area (Å²) in [5.41, 5.74) is -0.0740. The van der Waals surface area contributed by atoms with Crippen LogP contribution >= 0.6 is 0 Å². The molecule has 1 saturated heterocycles. The van der Waals surface area contributed by atoms with E-state index in [0.717, 1.165) is 19.4 Å². The second-order valence-electron chi connectivity index (χ2n) is 5.30. The Morgan fingerprint density at radius 3 is 2.35 bits per heavy atom. The van der Waals surface area contributed by atoms with Gasteiger partial charge in [-0.25, -0.2) is 8.42 Å². The topological polar surface area (TPSA) is 57.6 Å². The van der Waals surface area contributed by atoms with Gasteiger partial charge in [-0.1, -0.05) is 13.8 Å². The molecular formula is C12H25NO3S. The molecule has 1 unspecified atom stereocenters. The molecule has 0 bridgehead atoms. The number of sulfone groups is 1. The van der Waals surface area contributed by atoms with E-state index in [1.807, 2.05) is 6.92 Å². The van der Waals surface area contributed by atoms with E-state index in [1.165, 1.54) is 0 Å². The minimum Gasteiger partial charge on any atom is -0.396 e. The lowest BCUT2D eigenvalue weighted by atomic mass is 9.82. The van der Waals surface area contributed by atoms with E-state index in [9.17, 15) is 13.5 Å². The maximum atomic E-state index is 11.5. The molecule has 0 aromatic carbocycles. The molecule has 1 aliphatic heterocycles. The minimum absolute atomic E-state index is 0.0674. The maximum Gasteiger partial charge on any atom is 0.153 e. The second kappa shape index (κ2) is 5.67. The monoisotopic (exact) mass is 263 g/mol. The van der Waals surface area contributed by atoms with Gasteiger partial charge in [0, 0.05) is 31.2 Å². The molecule has 4 nitrogen and oxygen atoms in total. The number of aliphatic hydroxyl groups excluding tert-OH is 1. The van der Waals surface area contributed by atoms with Crippen LogP contribution in [0.3, 0.4) is 0 Å². The summed E-state index contributed by atoms with van der Waals surface area (Å²) in [6.07, 6.45) is 1.85. The first kappa shape index (κ1) is 14.9. The van der Waals surface area contributed by atoms with Crippen molar-refractivity contribution in [1.82, 2.24) is 4.90 Å². The lowest BCUT2D eigenvalue weighted by Gasteiger charge is -2.40. The summed E-state index contributed by atoms with van der Waals surface area (Å²) in [6.45, 7) is 7.72. The summed E-state index contributed by atoms with van der Waals surface area (Å²) in [6, 6.07) is 0.0674. The quantitative estimate of drug-likeness (QED) is 0.801. The highest BCUT2D eigenvalue weighted by atomic mass is 32.2. The van der Waals surface area contributed by atoms with Crippen LogP contribution in [0.1, 0.15) is 33.6 Å².